The normalized spacial score (nSPS) is 14.7. The minimum atomic E-state index is 0.0983. The Morgan fingerprint density at radius 1 is 1.35 bits per heavy atom. The van der Waals surface area contributed by atoms with Crippen LogP contribution in [0.3, 0.4) is 0 Å². The molecule has 4 rings (SSSR count). The maximum absolute atomic E-state index is 13.1. The molecule has 0 unspecified atom stereocenters. The number of fused-ring (bicyclic) bond motifs is 3. The summed E-state index contributed by atoms with van der Waals surface area (Å²) in [6.45, 7) is 4.52. The highest BCUT2D eigenvalue weighted by Gasteiger charge is 2.23. The second kappa shape index (κ2) is 7.35. The molecular formula is C19H20ClN3OS2. The van der Waals surface area contributed by atoms with Crippen molar-refractivity contribution in [2.24, 2.45) is 0 Å². The van der Waals surface area contributed by atoms with Crippen LogP contribution in [0.15, 0.2) is 34.2 Å². The summed E-state index contributed by atoms with van der Waals surface area (Å²) < 4.78 is 1.80. The van der Waals surface area contributed by atoms with Crippen LogP contribution in [0.25, 0.3) is 10.2 Å². The predicted octanol–water partition coefficient (Wildman–Crippen LogP) is 4.41. The molecule has 1 aromatic carbocycles. The number of thioether (sulfide) groups is 1. The average Bonchev–Trinajstić information content (AvgIpc) is 2.98. The minimum absolute atomic E-state index is 0.0983. The molecule has 0 fully saturated rings. The van der Waals surface area contributed by atoms with E-state index in [0.29, 0.717) is 12.3 Å². The number of benzene rings is 1. The number of rotatable bonds is 4. The maximum atomic E-state index is 13.1. The van der Waals surface area contributed by atoms with Gasteiger partial charge in [-0.2, -0.15) is 0 Å². The van der Waals surface area contributed by atoms with Crippen molar-refractivity contribution in [1.82, 2.24) is 14.5 Å². The molecule has 4 nitrogen and oxygen atoms in total. The Morgan fingerprint density at radius 2 is 2.15 bits per heavy atom. The molecule has 136 valence electrons. The molecule has 26 heavy (non-hydrogen) atoms. The number of nitrogens with zero attached hydrogens (tertiary/aromatic N) is 3. The lowest BCUT2D eigenvalue weighted by Gasteiger charge is -2.21. The van der Waals surface area contributed by atoms with Crippen molar-refractivity contribution < 1.29 is 0 Å². The predicted molar refractivity (Wildman–Crippen MR) is 111 cm³/mol. The third-order valence-electron chi connectivity index (χ3n) is 4.75. The first kappa shape index (κ1) is 18.0. The molecule has 3 heterocycles. The lowest BCUT2D eigenvalue weighted by Crippen LogP contribution is -2.27. The molecule has 0 saturated heterocycles. The molecule has 2 aromatic heterocycles. The molecule has 0 bridgehead atoms. The number of aromatic nitrogens is 2. The molecule has 1 aliphatic rings. The van der Waals surface area contributed by atoms with Gasteiger partial charge in [0.15, 0.2) is 5.16 Å². The monoisotopic (exact) mass is 405 g/mol. The van der Waals surface area contributed by atoms with Gasteiger partial charge in [-0.15, -0.1) is 11.3 Å². The minimum Gasteiger partial charge on any atom is -0.301 e. The van der Waals surface area contributed by atoms with Crippen molar-refractivity contribution >= 4 is 44.9 Å². The third kappa shape index (κ3) is 3.20. The highest BCUT2D eigenvalue weighted by atomic mass is 35.5. The van der Waals surface area contributed by atoms with E-state index < -0.39 is 0 Å². The number of likely N-dealkylation sites (N-methyl/N-ethyl adjacent to an activating group) is 1. The van der Waals surface area contributed by atoms with Gasteiger partial charge in [0.05, 0.1) is 5.39 Å². The summed E-state index contributed by atoms with van der Waals surface area (Å²) >= 11 is 9.52. The third-order valence-corrected chi connectivity index (χ3v) is 7.25. The van der Waals surface area contributed by atoms with Gasteiger partial charge in [-0.25, -0.2) is 4.98 Å². The highest BCUT2D eigenvalue weighted by molar-refractivity contribution is 7.98. The molecule has 7 heteroatoms. The molecular weight excluding hydrogens is 386 g/mol. The van der Waals surface area contributed by atoms with Crippen LogP contribution < -0.4 is 5.56 Å². The van der Waals surface area contributed by atoms with Gasteiger partial charge in [0.2, 0.25) is 0 Å². The lowest BCUT2D eigenvalue weighted by molar-refractivity contribution is 0.318. The lowest BCUT2D eigenvalue weighted by atomic mass is 10.1. The Kier molecular flexibility index (Phi) is 5.10. The van der Waals surface area contributed by atoms with Crippen LogP contribution in [-0.2, 0) is 25.3 Å². The zero-order chi connectivity index (χ0) is 18.3. The van der Waals surface area contributed by atoms with Crippen LogP contribution in [0.4, 0.5) is 0 Å². The van der Waals surface area contributed by atoms with Crippen molar-refractivity contribution in [3.63, 3.8) is 0 Å². The molecule has 1 aliphatic heterocycles. The Labute approximate surface area is 165 Å². The van der Waals surface area contributed by atoms with E-state index in [1.54, 1.807) is 27.7 Å². The Balaban J connectivity index is 1.75. The van der Waals surface area contributed by atoms with Crippen molar-refractivity contribution in [2.75, 3.05) is 13.6 Å². The number of thiophene rings is 1. The fourth-order valence-corrected chi connectivity index (χ4v) is 6.02. The Hall–Kier alpha value is -1.34. The van der Waals surface area contributed by atoms with Gasteiger partial charge in [-0.1, -0.05) is 41.6 Å². The van der Waals surface area contributed by atoms with Gasteiger partial charge in [-0.3, -0.25) is 9.36 Å². The SMILES string of the molecule is CCn1c(SCc2ccccc2Cl)nc2sc3c(c2c1=O)CCN(C)C3. The summed E-state index contributed by atoms with van der Waals surface area (Å²) in [5.74, 6) is 0.700. The molecule has 0 saturated carbocycles. The van der Waals surface area contributed by atoms with Crippen molar-refractivity contribution in [3.05, 3.63) is 55.6 Å². The largest absolute Gasteiger partial charge is 0.301 e. The van der Waals surface area contributed by atoms with Crippen LogP contribution >= 0.6 is 34.7 Å². The highest BCUT2D eigenvalue weighted by Crippen LogP contribution is 2.34. The molecule has 0 amide bonds. The van der Waals surface area contributed by atoms with E-state index in [0.717, 1.165) is 45.5 Å². The summed E-state index contributed by atoms with van der Waals surface area (Å²) in [5.41, 5.74) is 2.37. The zero-order valence-electron chi connectivity index (χ0n) is 14.8. The van der Waals surface area contributed by atoms with E-state index >= 15 is 0 Å². The number of hydrogen-bond donors (Lipinski definition) is 0. The van der Waals surface area contributed by atoms with E-state index in [4.69, 9.17) is 16.6 Å². The summed E-state index contributed by atoms with van der Waals surface area (Å²) in [7, 11) is 2.12. The molecule has 3 aromatic rings. The molecule has 0 aliphatic carbocycles. The quantitative estimate of drug-likeness (QED) is 0.476. The first-order valence-corrected chi connectivity index (χ1v) is 10.9. The first-order chi connectivity index (χ1) is 12.6. The molecule has 0 spiro atoms. The Bertz CT molecular complexity index is 1030. The maximum Gasteiger partial charge on any atom is 0.263 e. The second-order valence-corrected chi connectivity index (χ2v) is 8.93. The topological polar surface area (TPSA) is 38.1 Å². The summed E-state index contributed by atoms with van der Waals surface area (Å²) in [5, 5.41) is 2.36. The van der Waals surface area contributed by atoms with E-state index in [1.165, 1.54) is 10.4 Å². The average molecular weight is 406 g/mol. The van der Waals surface area contributed by atoms with E-state index in [-0.39, 0.29) is 5.56 Å². The van der Waals surface area contributed by atoms with Crippen molar-refractivity contribution in [1.29, 1.82) is 0 Å². The fourth-order valence-electron chi connectivity index (χ4n) is 3.33. The van der Waals surface area contributed by atoms with Crippen LogP contribution in [-0.4, -0.2) is 28.0 Å². The molecule has 0 radical (unpaired) electrons. The van der Waals surface area contributed by atoms with Crippen LogP contribution in [0.2, 0.25) is 5.02 Å². The summed E-state index contributed by atoms with van der Waals surface area (Å²) in [4.78, 5) is 22.5. The second-order valence-electron chi connectivity index (χ2n) is 6.50. The summed E-state index contributed by atoms with van der Waals surface area (Å²) in [6.07, 6.45) is 0.929. The number of hydrogen-bond acceptors (Lipinski definition) is 5. The number of halogens is 1. The van der Waals surface area contributed by atoms with Crippen LogP contribution in [0, 0.1) is 0 Å². The smallest absolute Gasteiger partial charge is 0.263 e. The van der Waals surface area contributed by atoms with Gasteiger partial charge in [0.1, 0.15) is 4.83 Å². The van der Waals surface area contributed by atoms with Crippen molar-refractivity contribution in [2.45, 2.75) is 37.3 Å². The van der Waals surface area contributed by atoms with Gasteiger partial charge < -0.3 is 4.90 Å². The van der Waals surface area contributed by atoms with Gasteiger partial charge >= 0.3 is 0 Å². The fraction of sp³-hybridized carbons (Fsp3) is 0.368. The zero-order valence-corrected chi connectivity index (χ0v) is 17.2. The van der Waals surface area contributed by atoms with Gasteiger partial charge in [-0.05, 0) is 37.6 Å². The van der Waals surface area contributed by atoms with E-state index in [1.807, 2.05) is 31.2 Å². The molecule has 0 N–H and O–H groups in total. The Morgan fingerprint density at radius 3 is 2.92 bits per heavy atom. The van der Waals surface area contributed by atoms with Crippen LogP contribution in [0.1, 0.15) is 22.9 Å². The van der Waals surface area contributed by atoms with E-state index in [9.17, 15) is 4.79 Å². The standard InChI is InChI=1S/C19H20ClN3OS2/c1-3-23-18(24)16-13-8-9-22(2)10-15(13)26-17(16)21-19(23)25-11-12-6-4-5-7-14(12)20/h4-7H,3,8-11H2,1-2H3. The van der Waals surface area contributed by atoms with E-state index in [2.05, 4.69) is 11.9 Å². The summed E-state index contributed by atoms with van der Waals surface area (Å²) in [6, 6.07) is 7.82. The first-order valence-electron chi connectivity index (χ1n) is 8.68. The molecule has 0 atom stereocenters. The van der Waals surface area contributed by atoms with Gasteiger partial charge in [0, 0.05) is 35.3 Å². The van der Waals surface area contributed by atoms with Crippen LogP contribution in [0.5, 0.6) is 0 Å². The van der Waals surface area contributed by atoms with Crippen molar-refractivity contribution in [3.8, 4) is 0 Å². The van der Waals surface area contributed by atoms with Gasteiger partial charge in [0.25, 0.3) is 5.56 Å².